The van der Waals surface area contributed by atoms with E-state index in [1.807, 2.05) is 42.5 Å². The predicted octanol–water partition coefficient (Wildman–Crippen LogP) is 2.10. The van der Waals surface area contributed by atoms with Crippen molar-refractivity contribution in [3.63, 3.8) is 0 Å². The van der Waals surface area contributed by atoms with Gasteiger partial charge in [-0.1, -0.05) is 42.5 Å². The van der Waals surface area contributed by atoms with E-state index in [0.29, 0.717) is 12.4 Å². The second-order valence-corrected chi connectivity index (χ2v) is 3.49. The van der Waals surface area contributed by atoms with Crippen LogP contribution >= 0.6 is 11.6 Å². The summed E-state index contributed by atoms with van der Waals surface area (Å²) in [6, 6.07) is 9.89. The Bertz CT molecular complexity index is 287. The van der Waals surface area contributed by atoms with E-state index < -0.39 is 0 Å². The minimum absolute atomic E-state index is 0.00817. The van der Waals surface area contributed by atoms with Crippen molar-refractivity contribution in [3.05, 3.63) is 48.0 Å². The first-order chi connectivity index (χ1) is 7.38. The normalized spacial score (nSPS) is 13.2. The second kappa shape index (κ2) is 7.46. The van der Waals surface area contributed by atoms with Crippen molar-refractivity contribution >= 4 is 11.6 Å². The zero-order valence-corrected chi connectivity index (χ0v) is 9.32. The quantitative estimate of drug-likeness (QED) is 0.574. The van der Waals surface area contributed by atoms with E-state index in [4.69, 9.17) is 11.6 Å². The number of hydrogen-bond acceptors (Lipinski definition) is 2. The molecule has 0 saturated carbocycles. The van der Waals surface area contributed by atoms with Crippen LogP contribution in [0.4, 0.5) is 0 Å². The molecule has 0 saturated heterocycles. The molecule has 0 radical (unpaired) electrons. The Labute approximate surface area is 95.6 Å². The van der Waals surface area contributed by atoms with Gasteiger partial charge in [-0.25, -0.2) is 0 Å². The van der Waals surface area contributed by atoms with Gasteiger partial charge in [-0.3, -0.25) is 0 Å². The van der Waals surface area contributed by atoms with Crippen LogP contribution in [0, 0.1) is 0 Å². The van der Waals surface area contributed by atoms with Gasteiger partial charge in [0, 0.05) is 12.4 Å². The van der Waals surface area contributed by atoms with Gasteiger partial charge in [-0.15, -0.1) is 11.6 Å². The molecule has 1 atom stereocenters. The Hall–Kier alpha value is -0.830. The third-order valence-electron chi connectivity index (χ3n) is 2.12. The standard InChI is InChI=1S/C12H16ClNO/c13-8-4-5-9-14-12(10-15)11-6-2-1-3-7-11/h1-7,12,14-15H,8-10H2/b5-4+. The summed E-state index contributed by atoms with van der Waals surface area (Å²) in [6.45, 7) is 0.811. The summed E-state index contributed by atoms with van der Waals surface area (Å²) in [5.41, 5.74) is 1.10. The zero-order chi connectivity index (χ0) is 10.9. The SMILES string of the molecule is OCC(NC/C=C/CCl)c1ccccc1. The number of rotatable bonds is 6. The van der Waals surface area contributed by atoms with Crippen molar-refractivity contribution in [3.8, 4) is 0 Å². The molecule has 2 N–H and O–H groups in total. The van der Waals surface area contributed by atoms with Crippen LogP contribution in [0.5, 0.6) is 0 Å². The monoisotopic (exact) mass is 225 g/mol. The van der Waals surface area contributed by atoms with E-state index >= 15 is 0 Å². The maximum absolute atomic E-state index is 9.22. The number of hydrogen-bond donors (Lipinski definition) is 2. The highest BCUT2D eigenvalue weighted by Crippen LogP contribution is 2.10. The lowest BCUT2D eigenvalue weighted by Crippen LogP contribution is -2.24. The lowest BCUT2D eigenvalue weighted by Gasteiger charge is -2.15. The van der Waals surface area contributed by atoms with Gasteiger partial charge >= 0.3 is 0 Å². The molecular weight excluding hydrogens is 210 g/mol. The predicted molar refractivity (Wildman–Crippen MR) is 64.1 cm³/mol. The number of benzene rings is 1. The summed E-state index contributed by atoms with van der Waals surface area (Å²) >= 11 is 5.50. The van der Waals surface area contributed by atoms with Crippen LogP contribution in [-0.2, 0) is 0 Å². The average molecular weight is 226 g/mol. The van der Waals surface area contributed by atoms with Gasteiger partial charge in [0.15, 0.2) is 0 Å². The number of nitrogens with one attached hydrogen (secondary N) is 1. The van der Waals surface area contributed by atoms with Crippen LogP contribution in [0.2, 0.25) is 0 Å². The van der Waals surface area contributed by atoms with E-state index in [2.05, 4.69) is 5.32 Å². The van der Waals surface area contributed by atoms with Gasteiger partial charge in [0.2, 0.25) is 0 Å². The van der Waals surface area contributed by atoms with Crippen molar-refractivity contribution in [1.82, 2.24) is 5.32 Å². The minimum atomic E-state index is -0.00817. The Morgan fingerprint density at radius 3 is 2.60 bits per heavy atom. The fourth-order valence-electron chi connectivity index (χ4n) is 1.33. The first-order valence-electron chi connectivity index (χ1n) is 4.98. The number of aliphatic hydroxyl groups excluding tert-OH is 1. The Balaban J connectivity index is 2.46. The van der Waals surface area contributed by atoms with Crippen molar-refractivity contribution in [1.29, 1.82) is 0 Å². The molecule has 1 rings (SSSR count). The molecule has 0 bridgehead atoms. The molecule has 0 amide bonds. The molecule has 1 unspecified atom stereocenters. The number of allylic oxidation sites excluding steroid dienone is 1. The third-order valence-corrected chi connectivity index (χ3v) is 2.30. The summed E-state index contributed by atoms with van der Waals surface area (Å²) in [4.78, 5) is 0. The molecule has 0 spiro atoms. The highest BCUT2D eigenvalue weighted by molar-refractivity contribution is 6.18. The van der Waals surface area contributed by atoms with Gasteiger partial charge in [-0.05, 0) is 5.56 Å². The number of aliphatic hydroxyl groups is 1. The molecule has 2 nitrogen and oxygen atoms in total. The smallest absolute Gasteiger partial charge is 0.0626 e. The maximum Gasteiger partial charge on any atom is 0.0626 e. The van der Waals surface area contributed by atoms with Gasteiger partial charge in [0.1, 0.15) is 0 Å². The van der Waals surface area contributed by atoms with Crippen LogP contribution < -0.4 is 5.32 Å². The highest BCUT2D eigenvalue weighted by atomic mass is 35.5. The van der Waals surface area contributed by atoms with Gasteiger partial charge in [0.05, 0.1) is 12.6 Å². The molecule has 0 aliphatic rings. The fraction of sp³-hybridized carbons (Fsp3) is 0.333. The molecular formula is C12H16ClNO. The first-order valence-corrected chi connectivity index (χ1v) is 5.52. The van der Waals surface area contributed by atoms with Crippen LogP contribution in [0.15, 0.2) is 42.5 Å². The summed E-state index contributed by atoms with van der Waals surface area (Å²) < 4.78 is 0. The fourth-order valence-corrected chi connectivity index (χ4v) is 1.46. The molecule has 1 aromatic carbocycles. The van der Waals surface area contributed by atoms with E-state index in [1.54, 1.807) is 0 Å². The molecule has 82 valence electrons. The van der Waals surface area contributed by atoms with E-state index in [9.17, 15) is 5.11 Å². The Morgan fingerprint density at radius 1 is 1.27 bits per heavy atom. The topological polar surface area (TPSA) is 32.3 Å². The van der Waals surface area contributed by atoms with E-state index in [1.165, 1.54) is 0 Å². The van der Waals surface area contributed by atoms with Gasteiger partial charge < -0.3 is 10.4 Å². The van der Waals surface area contributed by atoms with Gasteiger partial charge in [0.25, 0.3) is 0 Å². The summed E-state index contributed by atoms with van der Waals surface area (Å²) in [6.07, 6.45) is 3.84. The van der Waals surface area contributed by atoms with Crippen LogP contribution in [0.3, 0.4) is 0 Å². The molecule has 0 aromatic heterocycles. The molecule has 0 aliphatic carbocycles. The molecule has 1 aromatic rings. The van der Waals surface area contributed by atoms with E-state index in [0.717, 1.165) is 5.56 Å². The van der Waals surface area contributed by atoms with Crippen LogP contribution in [0.25, 0.3) is 0 Å². The highest BCUT2D eigenvalue weighted by Gasteiger charge is 2.06. The molecule has 0 heterocycles. The van der Waals surface area contributed by atoms with E-state index in [-0.39, 0.29) is 12.6 Å². The van der Waals surface area contributed by atoms with Crippen molar-refractivity contribution in [2.75, 3.05) is 19.0 Å². The second-order valence-electron chi connectivity index (χ2n) is 3.18. The largest absolute Gasteiger partial charge is 0.394 e. The van der Waals surface area contributed by atoms with Crippen molar-refractivity contribution in [2.24, 2.45) is 0 Å². The summed E-state index contributed by atoms with van der Waals surface area (Å²) in [7, 11) is 0. The maximum atomic E-state index is 9.22. The lowest BCUT2D eigenvalue weighted by molar-refractivity contribution is 0.248. The molecule has 15 heavy (non-hydrogen) atoms. The van der Waals surface area contributed by atoms with Crippen molar-refractivity contribution < 1.29 is 5.11 Å². The first kappa shape index (κ1) is 12.2. The average Bonchev–Trinajstić information content (AvgIpc) is 2.30. The van der Waals surface area contributed by atoms with Crippen LogP contribution in [0.1, 0.15) is 11.6 Å². The van der Waals surface area contributed by atoms with Crippen molar-refractivity contribution in [2.45, 2.75) is 6.04 Å². The Morgan fingerprint density at radius 2 is 2.00 bits per heavy atom. The number of halogens is 1. The lowest BCUT2D eigenvalue weighted by atomic mass is 10.1. The summed E-state index contributed by atoms with van der Waals surface area (Å²) in [5, 5.41) is 12.4. The third kappa shape index (κ3) is 4.47. The Kier molecular flexibility index (Phi) is 6.09. The summed E-state index contributed by atoms with van der Waals surface area (Å²) in [5.74, 6) is 0.525. The van der Waals surface area contributed by atoms with Gasteiger partial charge in [-0.2, -0.15) is 0 Å². The zero-order valence-electron chi connectivity index (χ0n) is 8.57. The molecule has 3 heteroatoms. The molecule has 0 aliphatic heterocycles. The minimum Gasteiger partial charge on any atom is -0.394 e. The molecule has 0 fully saturated rings. The number of alkyl halides is 1. The van der Waals surface area contributed by atoms with Crippen LogP contribution in [-0.4, -0.2) is 24.1 Å².